The first-order valence-corrected chi connectivity index (χ1v) is 12.0. The van der Waals surface area contributed by atoms with E-state index in [1.54, 1.807) is 49.4 Å². The number of benzene rings is 2. The van der Waals surface area contributed by atoms with Crippen molar-refractivity contribution in [3.8, 4) is 0 Å². The van der Waals surface area contributed by atoms with Gasteiger partial charge in [0.2, 0.25) is 5.96 Å². The van der Waals surface area contributed by atoms with E-state index >= 15 is 0 Å². The van der Waals surface area contributed by atoms with Crippen molar-refractivity contribution in [2.45, 2.75) is 19.9 Å². The molecule has 9 nitrogen and oxygen atoms in total. The molecule has 0 bridgehead atoms. The smallest absolute Gasteiger partial charge is 0.302 e. The molecule has 2 aromatic heterocycles. The first kappa shape index (κ1) is 24.5. The van der Waals surface area contributed by atoms with Crippen LogP contribution in [0, 0.1) is 0 Å². The van der Waals surface area contributed by atoms with E-state index in [4.69, 9.17) is 32.6 Å². The van der Waals surface area contributed by atoms with Gasteiger partial charge in [0.05, 0.1) is 5.57 Å². The summed E-state index contributed by atoms with van der Waals surface area (Å²) in [7, 11) is 0. The number of carbonyl (C=O) groups is 2. The standard InChI is InChI=1S/C26H20Cl2N6O3/c1-13-22(24(36)32-21-11-15(14(2)35)9-10-29-21)23(17-5-3-4-6-18(17)28)33-25(30-13)34-26-31-19-12-16(27)7-8-20(19)37-26/h3-12,23H,1-2H3,(H,29,32,36)(H2,30,31,33,34). The van der Waals surface area contributed by atoms with Crippen molar-refractivity contribution in [2.24, 2.45) is 4.99 Å². The second-order valence-corrected chi connectivity index (χ2v) is 9.11. The number of aromatic nitrogens is 2. The number of Topliss-reactive ketones (excluding diaryl/α,β-unsaturated/α-hetero) is 1. The molecule has 0 aliphatic carbocycles. The quantitative estimate of drug-likeness (QED) is 0.278. The molecule has 5 rings (SSSR count). The monoisotopic (exact) mass is 534 g/mol. The largest absolute Gasteiger partial charge is 0.423 e. The highest BCUT2D eigenvalue weighted by molar-refractivity contribution is 6.31. The van der Waals surface area contributed by atoms with Crippen LogP contribution < -0.4 is 16.0 Å². The zero-order valence-corrected chi connectivity index (χ0v) is 21.2. The molecule has 0 spiro atoms. The van der Waals surface area contributed by atoms with Crippen LogP contribution in [0.5, 0.6) is 0 Å². The minimum absolute atomic E-state index is 0.136. The molecule has 0 fully saturated rings. The van der Waals surface area contributed by atoms with Crippen molar-refractivity contribution in [3.63, 3.8) is 0 Å². The second kappa shape index (κ2) is 10.0. The number of amides is 1. The molecule has 37 heavy (non-hydrogen) atoms. The van der Waals surface area contributed by atoms with Crippen LogP contribution in [0.1, 0.15) is 35.8 Å². The van der Waals surface area contributed by atoms with E-state index in [0.29, 0.717) is 49.5 Å². The van der Waals surface area contributed by atoms with Crippen molar-refractivity contribution in [1.29, 1.82) is 0 Å². The number of oxazole rings is 1. The molecule has 1 atom stereocenters. The van der Waals surface area contributed by atoms with Gasteiger partial charge in [0, 0.05) is 33.1 Å². The summed E-state index contributed by atoms with van der Waals surface area (Å²) in [5.74, 6) is -0.0203. The summed E-state index contributed by atoms with van der Waals surface area (Å²) in [4.78, 5) is 38.5. The maximum atomic E-state index is 13.5. The fourth-order valence-electron chi connectivity index (χ4n) is 3.91. The van der Waals surface area contributed by atoms with Crippen molar-refractivity contribution in [3.05, 3.63) is 93.2 Å². The summed E-state index contributed by atoms with van der Waals surface area (Å²) in [6.45, 7) is 3.20. The number of hydrogen-bond donors (Lipinski definition) is 3. The Morgan fingerprint density at radius 3 is 2.68 bits per heavy atom. The van der Waals surface area contributed by atoms with Gasteiger partial charge >= 0.3 is 6.01 Å². The van der Waals surface area contributed by atoms with Gasteiger partial charge < -0.3 is 15.1 Å². The second-order valence-electron chi connectivity index (χ2n) is 8.26. The van der Waals surface area contributed by atoms with Gasteiger partial charge in [0.1, 0.15) is 17.4 Å². The van der Waals surface area contributed by atoms with Gasteiger partial charge in [-0.05, 0) is 50.2 Å². The normalized spacial score (nSPS) is 15.2. The number of allylic oxidation sites excluding steroid dienone is 1. The number of nitrogens with one attached hydrogen (secondary N) is 3. The maximum Gasteiger partial charge on any atom is 0.302 e. The minimum Gasteiger partial charge on any atom is -0.423 e. The summed E-state index contributed by atoms with van der Waals surface area (Å²) >= 11 is 12.6. The van der Waals surface area contributed by atoms with Crippen LogP contribution in [-0.4, -0.2) is 27.6 Å². The van der Waals surface area contributed by atoms with Crippen LogP contribution in [0.15, 0.2) is 81.5 Å². The van der Waals surface area contributed by atoms with E-state index in [1.165, 1.54) is 19.2 Å². The molecule has 186 valence electrons. The fraction of sp³-hybridized carbons (Fsp3) is 0.115. The molecule has 0 saturated carbocycles. The Balaban J connectivity index is 1.48. The average molecular weight is 535 g/mol. The Morgan fingerprint density at radius 2 is 1.89 bits per heavy atom. The highest BCUT2D eigenvalue weighted by Crippen LogP contribution is 2.35. The van der Waals surface area contributed by atoms with Gasteiger partial charge in [-0.1, -0.05) is 41.4 Å². The Labute approximate surface area is 221 Å². The summed E-state index contributed by atoms with van der Waals surface area (Å²) in [6.07, 6.45) is 1.46. The van der Waals surface area contributed by atoms with Gasteiger partial charge in [-0.25, -0.2) is 9.98 Å². The lowest BCUT2D eigenvalue weighted by molar-refractivity contribution is -0.113. The molecule has 11 heteroatoms. The van der Waals surface area contributed by atoms with Gasteiger partial charge in [-0.3, -0.25) is 14.9 Å². The number of aliphatic imine (C=N–C) groups is 1. The van der Waals surface area contributed by atoms with Crippen molar-refractivity contribution in [2.75, 3.05) is 10.6 Å². The summed E-state index contributed by atoms with van der Waals surface area (Å²) in [6, 6.07) is 14.8. The Morgan fingerprint density at radius 1 is 1.08 bits per heavy atom. The molecule has 0 radical (unpaired) electrons. The average Bonchev–Trinajstić information content (AvgIpc) is 3.25. The molecule has 0 saturated heterocycles. The number of fused-ring (bicyclic) bond motifs is 1. The Hall–Kier alpha value is -4.21. The summed E-state index contributed by atoms with van der Waals surface area (Å²) in [5, 5.41) is 9.88. The Bertz CT molecular complexity index is 1610. The van der Waals surface area contributed by atoms with Crippen molar-refractivity contribution >= 4 is 63.8 Å². The van der Waals surface area contributed by atoms with E-state index in [1.807, 2.05) is 6.07 Å². The third-order valence-corrected chi connectivity index (χ3v) is 6.25. The van der Waals surface area contributed by atoms with Gasteiger partial charge in [-0.15, -0.1) is 0 Å². The summed E-state index contributed by atoms with van der Waals surface area (Å²) in [5.41, 5.74) is 3.06. The number of halogens is 2. The number of nitrogens with zero attached hydrogens (tertiary/aromatic N) is 3. The van der Waals surface area contributed by atoms with Gasteiger partial charge in [-0.2, -0.15) is 4.98 Å². The van der Waals surface area contributed by atoms with Crippen molar-refractivity contribution < 1.29 is 14.0 Å². The molecule has 1 amide bonds. The number of carbonyl (C=O) groups excluding carboxylic acids is 2. The molecular weight excluding hydrogens is 515 g/mol. The lowest BCUT2D eigenvalue weighted by atomic mass is 9.95. The van der Waals surface area contributed by atoms with Crippen LogP contribution in [0.4, 0.5) is 11.8 Å². The topological polar surface area (TPSA) is 122 Å². The van der Waals surface area contributed by atoms with Crippen molar-refractivity contribution in [1.82, 2.24) is 15.3 Å². The van der Waals surface area contributed by atoms with E-state index in [0.717, 1.165) is 0 Å². The first-order valence-electron chi connectivity index (χ1n) is 11.2. The molecule has 3 heterocycles. The first-order chi connectivity index (χ1) is 17.8. The minimum atomic E-state index is -0.757. The summed E-state index contributed by atoms with van der Waals surface area (Å²) < 4.78 is 5.75. The van der Waals surface area contributed by atoms with E-state index < -0.39 is 11.9 Å². The number of pyridine rings is 1. The number of ketones is 1. The van der Waals surface area contributed by atoms with Gasteiger partial charge in [0.25, 0.3) is 5.91 Å². The number of hydrogen-bond acceptors (Lipinski definition) is 8. The highest BCUT2D eigenvalue weighted by atomic mass is 35.5. The van der Waals surface area contributed by atoms with Crippen LogP contribution in [0.3, 0.4) is 0 Å². The molecule has 1 unspecified atom stereocenters. The van der Waals surface area contributed by atoms with Crippen LogP contribution >= 0.6 is 23.2 Å². The van der Waals surface area contributed by atoms with Crippen LogP contribution in [-0.2, 0) is 4.79 Å². The van der Waals surface area contributed by atoms with E-state index in [-0.39, 0.29) is 17.6 Å². The molecule has 2 aromatic carbocycles. The van der Waals surface area contributed by atoms with Gasteiger partial charge in [0.15, 0.2) is 11.4 Å². The third kappa shape index (κ3) is 5.18. The van der Waals surface area contributed by atoms with E-state index in [2.05, 4.69) is 25.9 Å². The molecule has 1 aliphatic rings. The van der Waals surface area contributed by atoms with Crippen LogP contribution in [0.2, 0.25) is 10.0 Å². The maximum absolute atomic E-state index is 13.5. The number of anilines is 2. The lowest BCUT2D eigenvalue weighted by Crippen LogP contribution is -2.37. The highest BCUT2D eigenvalue weighted by Gasteiger charge is 2.31. The third-order valence-electron chi connectivity index (χ3n) is 5.67. The zero-order valence-electron chi connectivity index (χ0n) is 19.7. The zero-order chi connectivity index (χ0) is 26.1. The van der Waals surface area contributed by atoms with E-state index in [9.17, 15) is 9.59 Å². The molecule has 4 aromatic rings. The number of guanidine groups is 1. The molecule has 3 N–H and O–H groups in total. The Kier molecular flexibility index (Phi) is 6.64. The predicted molar refractivity (Wildman–Crippen MR) is 143 cm³/mol. The van der Waals surface area contributed by atoms with Crippen LogP contribution in [0.25, 0.3) is 11.1 Å². The molecule has 1 aliphatic heterocycles. The SMILES string of the molecule is CC(=O)c1ccnc(NC(=O)C2=C(C)NC(Nc3nc4cc(Cl)ccc4o3)=NC2c2ccccc2Cl)c1. The predicted octanol–water partition coefficient (Wildman–Crippen LogP) is 5.76. The fourth-order valence-corrected chi connectivity index (χ4v) is 4.32. The number of rotatable bonds is 5. The lowest BCUT2D eigenvalue weighted by Gasteiger charge is -2.26. The molecular formula is C26H20Cl2N6O3.